The van der Waals surface area contributed by atoms with E-state index in [-0.39, 0.29) is 5.97 Å². The van der Waals surface area contributed by atoms with Gasteiger partial charge in [0.05, 0.1) is 6.61 Å². The van der Waals surface area contributed by atoms with Crippen molar-refractivity contribution in [1.82, 2.24) is 4.98 Å². The number of halogens is 1. The molecule has 0 bridgehead atoms. The summed E-state index contributed by atoms with van der Waals surface area (Å²) in [6.45, 7) is 4.21. The van der Waals surface area contributed by atoms with Crippen LogP contribution in [0.4, 0.5) is 0 Å². The van der Waals surface area contributed by atoms with E-state index >= 15 is 0 Å². The summed E-state index contributed by atoms with van der Waals surface area (Å²) in [6.07, 6.45) is 0.861. The van der Waals surface area contributed by atoms with Crippen LogP contribution in [0.15, 0.2) is 10.5 Å². The molecule has 4 heteroatoms. The van der Waals surface area contributed by atoms with Gasteiger partial charge in [-0.2, -0.15) is 0 Å². The first-order chi connectivity index (χ1) is 6.19. The second kappa shape index (κ2) is 4.46. The fraction of sp³-hybridized carbons (Fsp3) is 0.444. The van der Waals surface area contributed by atoms with Crippen molar-refractivity contribution in [3.63, 3.8) is 0 Å². The maximum absolute atomic E-state index is 11.3. The lowest BCUT2D eigenvalue weighted by Crippen LogP contribution is -2.04. The highest BCUT2D eigenvalue weighted by molar-refractivity contribution is 9.10. The van der Waals surface area contributed by atoms with E-state index in [1.54, 1.807) is 13.0 Å². The van der Waals surface area contributed by atoms with Gasteiger partial charge in [0, 0.05) is 10.2 Å². The lowest BCUT2D eigenvalue weighted by Gasteiger charge is -1.97. The number of rotatable bonds is 3. The van der Waals surface area contributed by atoms with Gasteiger partial charge < -0.3 is 9.72 Å². The summed E-state index contributed by atoms with van der Waals surface area (Å²) < 4.78 is 5.78. The molecular weight excluding hydrogens is 234 g/mol. The summed E-state index contributed by atoms with van der Waals surface area (Å²) >= 11 is 3.36. The third-order valence-electron chi connectivity index (χ3n) is 1.69. The highest BCUT2D eigenvalue weighted by atomic mass is 79.9. The van der Waals surface area contributed by atoms with Gasteiger partial charge in [0.1, 0.15) is 5.69 Å². The molecule has 1 N–H and O–H groups in total. The summed E-state index contributed by atoms with van der Waals surface area (Å²) in [4.78, 5) is 14.2. The van der Waals surface area contributed by atoms with Crippen LogP contribution in [0.2, 0.25) is 0 Å². The normalized spacial score (nSPS) is 10.1. The van der Waals surface area contributed by atoms with Gasteiger partial charge in [0.25, 0.3) is 0 Å². The third kappa shape index (κ3) is 2.34. The van der Waals surface area contributed by atoms with Crippen molar-refractivity contribution in [3.05, 3.63) is 21.9 Å². The van der Waals surface area contributed by atoms with Crippen LogP contribution < -0.4 is 0 Å². The van der Waals surface area contributed by atoms with Crippen molar-refractivity contribution in [3.8, 4) is 0 Å². The van der Waals surface area contributed by atoms with Crippen molar-refractivity contribution in [2.75, 3.05) is 6.61 Å². The molecule has 0 fully saturated rings. The zero-order chi connectivity index (χ0) is 9.84. The highest BCUT2D eigenvalue weighted by Gasteiger charge is 2.11. The summed E-state index contributed by atoms with van der Waals surface area (Å²) in [5.74, 6) is -0.303. The summed E-state index contributed by atoms with van der Waals surface area (Å²) in [6, 6.07) is 1.75. The Balaban J connectivity index is 2.84. The van der Waals surface area contributed by atoms with E-state index in [1.807, 2.05) is 6.92 Å². The molecule has 0 atom stereocenters. The monoisotopic (exact) mass is 245 g/mol. The fourth-order valence-corrected chi connectivity index (χ4v) is 1.66. The van der Waals surface area contributed by atoms with Crippen molar-refractivity contribution < 1.29 is 9.53 Å². The molecule has 3 nitrogen and oxygen atoms in total. The number of hydrogen-bond acceptors (Lipinski definition) is 2. The number of aromatic nitrogens is 1. The minimum atomic E-state index is -0.303. The first kappa shape index (κ1) is 10.3. The van der Waals surface area contributed by atoms with Gasteiger partial charge in [-0.3, -0.25) is 0 Å². The van der Waals surface area contributed by atoms with Crippen LogP contribution in [0.3, 0.4) is 0 Å². The molecular formula is C9H12BrNO2. The maximum Gasteiger partial charge on any atom is 0.354 e. The lowest BCUT2D eigenvalue weighted by molar-refractivity contribution is 0.0520. The third-order valence-corrected chi connectivity index (χ3v) is 2.40. The van der Waals surface area contributed by atoms with Crippen molar-refractivity contribution >= 4 is 21.9 Å². The van der Waals surface area contributed by atoms with Gasteiger partial charge in [-0.1, -0.05) is 6.92 Å². The summed E-state index contributed by atoms with van der Waals surface area (Å²) in [5.41, 5.74) is 1.52. The Hall–Kier alpha value is -0.770. The largest absolute Gasteiger partial charge is 0.461 e. The Kier molecular flexibility index (Phi) is 3.54. The van der Waals surface area contributed by atoms with Crippen LogP contribution in [0.5, 0.6) is 0 Å². The number of nitrogens with one attached hydrogen (secondary N) is 1. The molecule has 0 aliphatic carbocycles. The molecule has 0 aliphatic heterocycles. The minimum Gasteiger partial charge on any atom is -0.461 e. The van der Waals surface area contributed by atoms with Gasteiger partial charge in [-0.05, 0) is 35.3 Å². The Morgan fingerprint density at radius 3 is 2.77 bits per heavy atom. The predicted molar refractivity (Wildman–Crippen MR) is 53.8 cm³/mol. The van der Waals surface area contributed by atoms with Crippen molar-refractivity contribution in [2.45, 2.75) is 20.3 Å². The molecule has 1 aromatic heterocycles. The molecule has 0 amide bonds. The minimum absolute atomic E-state index is 0.303. The Labute approximate surface area is 85.6 Å². The van der Waals surface area contributed by atoms with Crippen LogP contribution in [0, 0.1) is 0 Å². The maximum atomic E-state index is 11.3. The molecule has 1 heterocycles. The van der Waals surface area contributed by atoms with E-state index in [2.05, 4.69) is 20.9 Å². The molecule has 0 spiro atoms. The average molecular weight is 246 g/mol. The number of hydrogen-bond donors (Lipinski definition) is 1. The fourth-order valence-electron chi connectivity index (χ4n) is 1.05. The smallest absolute Gasteiger partial charge is 0.354 e. The molecule has 1 aromatic rings. The highest BCUT2D eigenvalue weighted by Crippen LogP contribution is 2.18. The molecule has 0 aliphatic rings. The van der Waals surface area contributed by atoms with E-state index in [0.717, 1.165) is 16.6 Å². The quantitative estimate of drug-likeness (QED) is 0.832. The number of aromatic amines is 1. The number of carbonyl (C=O) groups is 1. The number of esters is 1. The number of carbonyl (C=O) groups excluding carboxylic acids is 1. The molecule has 72 valence electrons. The van der Waals surface area contributed by atoms with Crippen molar-refractivity contribution in [2.24, 2.45) is 0 Å². The van der Waals surface area contributed by atoms with Crippen LogP contribution in [0.1, 0.15) is 30.0 Å². The first-order valence-corrected chi connectivity index (χ1v) is 5.02. The van der Waals surface area contributed by atoms with Crippen LogP contribution >= 0.6 is 15.9 Å². The Morgan fingerprint density at radius 2 is 2.31 bits per heavy atom. The number of H-pyrrole nitrogens is 1. The van der Waals surface area contributed by atoms with E-state index in [4.69, 9.17) is 4.74 Å². The second-order valence-electron chi connectivity index (χ2n) is 2.58. The SMILES string of the molecule is CCOC(=O)c1cc(Br)c(CC)[nH]1. The van der Waals surface area contributed by atoms with Crippen LogP contribution in [-0.4, -0.2) is 17.6 Å². The van der Waals surface area contributed by atoms with Gasteiger partial charge >= 0.3 is 5.97 Å². The van der Waals surface area contributed by atoms with E-state index in [1.165, 1.54) is 0 Å². The second-order valence-corrected chi connectivity index (χ2v) is 3.44. The molecule has 13 heavy (non-hydrogen) atoms. The molecule has 0 saturated heterocycles. The standard InChI is InChI=1S/C9H12BrNO2/c1-3-7-6(10)5-8(11-7)9(12)13-4-2/h5,11H,3-4H2,1-2H3. The molecule has 0 saturated carbocycles. The predicted octanol–water partition coefficient (Wildman–Crippen LogP) is 2.52. The van der Waals surface area contributed by atoms with Gasteiger partial charge in [-0.15, -0.1) is 0 Å². The molecule has 1 rings (SSSR count). The summed E-state index contributed by atoms with van der Waals surface area (Å²) in [5, 5.41) is 0. The zero-order valence-electron chi connectivity index (χ0n) is 7.69. The van der Waals surface area contributed by atoms with Gasteiger partial charge in [0.2, 0.25) is 0 Å². The first-order valence-electron chi connectivity index (χ1n) is 4.23. The lowest BCUT2D eigenvalue weighted by atomic mass is 10.3. The van der Waals surface area contributed by atoms with Crippen molar-refractivity contribution in [1.29, 1.82) is 0 Å². The Bertz CT molecular complexity index is 307. The average Bonchev–Trinajstić information content (AvgIpc) is 2.47. The zero-order valence-corrected chi connectivity index (χ0v) is 9.27. The molecule has 0 unspecified atom stereocenters. The van der Waals surface area contributed by atoms with Gasteiger partial charge in [-0.25, -0.2) is 4.79 Å². The van der Waals surface area contributed by atoms with E-state index in [9.17, 15) is 4.79 Å². The molecule has 0 aromatic carbocycles. The number of ether oxygens (including phenoxy) is 1. The van der Waals surface area contributed by atoms with E-state index < -0.39 is 0 Å². The topological polar surface area (TPSA) is 42.1 Å². The Morgan fingerprint density at radius 1 is 1.62 bits per heavy atom. The van der Waals surface area contributed by atoms with Gasteiger partial charge in [0.15, 0.2) is 0 Å². The van der Waals surface area contributed by atoms with Crippen LogP contribution in [-0.2, 0) is 11.2 Å². The van der Waals surface area contributed by atoms with E-state index in [0.29, 0.717) is 12.3 Å². The molecule has 0 radical (unpaired) electrons. The van der Waals surface area contributed by atoms with Crippen LogP contribution in [0.25, 0.3) is 0 Å². The summed E-state index contributed by atoms with van der Waals surface area (Å²) in [7, 11) is 0. The number of aryl methyl sites for hydroxylation is 1.